The normalized spacial score (nSPS) is 12.4. The van der Waals surface area contributed by atoms with Crippen LogP contribution < -0.4 is 10.1 Å². The van der Waals surface area contributed by atoms with Crippen molar-refractivity contribution in [3.8, 4) is 5.75 Å². The molecule has 0 spiro atoms. The first-order valence-electron chi connectivity index (χ1n) is 6.39. The van der Waals surface area contributed by atoms with Crippen LogP contribution in [0.4, 0.5) is 0 Å². The molecule has 1 aromatic heterocycles. The van der Waals surface area contributed by atoms with Gasteiger partial charge in [-0.1, -0.05) is 24.3 Å². The Morgan fingerprint density at radius 1 is 1.42 bits per heavy atom. The summed E-state index contributed by atoms with van der Waals surface area (Å²) in [6.45, 7) is 5.01. The van der Waals surface area contributed by atoms with E-state index in [0.717, 1.165) is 23.6 Å². The van der Waals surface area contributed by atoms with E-state index in [9.17, 15) is 0 Å². The quantitative estimate of drug-likeness (QED) is 0.891. The molecule has 1 heterocycles. The number of nitrogens with zero attached hydrogens (tertiary/aromatic N) is 3. The smallest absolute Gasteiger partial charge is 0.121 e. The highest BCUT2D eigenvalue weighted by Gasteiger charge is 2.17. The summed E-state index contributed by atoms with van der Waals surface area (Å²) in [5.74, 6) is 0.905. The molecule has 0 amide bonds. The van der Waals surface area contributed by atoms with Crippen LogP contribution in [-0.4, -0.2) is 28.6 Å². The van der Waals surface area contributed by atoms with Crippen molar-refractivity contribution in [2.75, 3.05) is 13.7 Å². The molecule has 102 valence electrons. The first kappa shape index (κ1) is 13.5. The van der Waals surface area contributed by atoms with E-state index in [1.807, 2.05) is 20.0 Å². The summed E-state index contributed by atoms with van der Waals surface area (Å²) in [5, 5.41) is 11.4. The lowest BCUT2D eigenvalue weighted by atomic mass is 10.0. The molecule has 0 aliphatic carbocycles. The Balaban J connectivity index is 2.39. The van der Waals surface area contributed by atoms with Crippen molar-refractivity contribution in [3.63, 3.8) is 0 Å². The van der Waals surface area contributed by atoms with Gasteiger partial charge in [-0.3, -0.25) is 4.68 Å². The highest BCUT2D eigenvalue weighted by Crippen LogP contribution is 2.26. The molecule has 0 aliphatic heterocycles. The molecular weight excluding hydrogens is 240 g/mol. The van der Waals surface area contributed by atoms with Gasteiger partial charge in [-0.2, -0.15) is 0 Å². The van der Waals surface area contributed by atoms with E-state index in [4.69, 9.17) is 4.74 Å². The van der Waals surface area contributed by atoms with E-state index in [-0.39, 0.29) is 6.04 Å². The monoisotopic (exact) mass is 260 g/mol. The van der Waals surface area contributed by atoms with E-state index in [0.29, 0.717) is 0 Å². The van der Waals surface area contributed by atoms with Crippen LogP contribution >= 0.6 is 0 Å². The van der Waals surface area contributed by atoms with Gasteiger partial charge in [-0.05, 0) is 30.7 Å². The largest absolute Gasteiger partial charge is 0.496 e. The minimum absolute atomic E-state index is 0.0922. The third kappa shape index (κ3) is 2.76. The Morgan fingerprint density at radius 2 is 2.21 bits per heavy atom. The van der Waals surface area contributed by atoms with Gasteiger partial charge < -0.3 is 10.1 Å². The minimum atomic E-state index is 0.0922. The Bertz CT molecular complexity index is 550. The zero-order chi connectivity index (χ0) is 13.8. The van der Waals surface area contributed by atoms with E-state index in [1.54, 1.807) is 18.0 Å². The van der Waals surface area contributed by atoms with Gasteiger partial charge in [0.05, 0.1) is 25.0 Å². The molecule has 5 nitrogen and oxygen atoms in total. The first-order valence-corrected chi connectivity index (χ1v) is 6.39. The summed E-state index contributed by atoms with van der Waals surface area (Å²) in [6, 6.07) is 6.30. The Kier molecular flexibility index (Phi) is 4.16. The van der Waals surface area contributed by atoms with Crippen LogP contribution in [0.25, 0.3) is 0 Å². The molecule has 5 heteroatoms. The van der Waals surface area contributed by atoms with Gasteiger partial charge in [0.1, 0.15) is 5.75 Å². The predicted molar refractivity (Wildman–Crippen MR) is 74.3 cm³/mol. The standard InChI is InChI=1S/C14H20N4O/c1-5-15-14(12-9-16-17-18(12)3)11-6-7-13(19-4)10(2)8-11/h6-9,14-15H,5H2,1-4H3. The number of rotatable bonds is 5. The SMILES string of the molecule is CCNC(c1ccc(OC)c(C)c1)c1cnnn1C. The van der Waals surface area contributed by atoms with E-state index < -0.39 is 0 Å². The van der Waals surface area contributed by atoms with Crippen LogP contribution in [-0.2, 0) is 7.05 Å². The average molecular weight is 260 g/mol. The second-order valence-corrected chi connectivity index (χ2v) is 4.50. The van der Waals surface area contributed by atoms with Gasteiger partial charge in [-0.15, -0.1) is 5.10 Å². The Hall–Kier alpha value is -1.88. The summed E-state index contributed by atoms with van der Waals surface area (Å²) in [4.78, 5) is 0. The van der Waals surface area contributed by atoms with Gasteiger partial charge in [0, 0.05) is 7.05 Å². The fourth-order valence-electron chi connectivity index (χ4n) is 2.24. The molecular formula is C14H20N4O. The number of aromatic nitrogens is 3. The zero-order valence-corrected chi connectivity index (χ0v) is 11.8. The third-order valence-corrected chi connectivity index (χ3v) is 3.21. The molecule has 0 bridgehead atoms. The molecule has 0 saturated carbocycles. The zero-order valence-electron chi connectivity index (χ0n) is 11.8. The number of aryl methyl sites for hydroxylation is 2. The van der Waals surface area contributed by atoms with Crippen molar-refractivity contribution in [3.05, 3.63) is 41.2 Å². The van der Waals surface area contributed by atoms with Crippen LogP contribution in [0.2, 0.25) is 0 Å². The summed E-state index contributed by atoms with van der Waals surface area (Å²) < 4.78 is 7.10. The van der Waals surface area contributed by atoms with Crippen molar-refractivity contribution in [1.29, 1.82) is 0 Å². The molecule has 1 atom stereocenters. The number of ether oxygens (including phenoxy) is 1. The second kappa shape index (κ2) is 5.84. The highest BCUT2D eigenvalue weighted by molar-refractivity contribution is 5.39. The molecule has 2 aromatic rings. The van der Waals surface area contributed by atoms with Crippen LogP contribution in [0, 0.1) is 6.92 Å². The second-order valence-electron chi connectivity index (χ2n) is 4.50. The maximum atomic E-state index is 5.30. The van der Waals surface area contributed by atoms with E-state index in [1.165, 1.54) is 5.56 Å². The maximum absolute atomic E-state index is 5.30. The van der Waals surface area contributed by atoms with Gasteiger partial charge in [0.15, 0.2) is 0 Å². The molecule has 2 rings (SSSR count). The Labute approximate surface area is 113 Å². The number of hydrogen-bond acceptors (Lipinski definition) is 4. The van der Waals surface area contributed by atoms with Crippen LogP contribution in [0.3, 0.4) is 0 Å². The van der Waals surface area contributed by atoms with Crippen molar-refractivity contribution in [1.82, 2.24) is 20.3 Å². The molecule has 1 aromatic carbocycles. The summed E-state index contributed by atoms with van der Waals surface area (Å²) >= 11 is 0. The molecule has 19 heavy (non-hydrogen) atoms. The molecule has 1 N–H and O–H groups in total. The molecule has 0 aliphatic rings. The number of benzene rings is 1. The molecule has 0 saturated heterocycles. The lowest BCUT2D eigenvalue weighted by Gasteiger charge is -2.19. The summed E-state index contributed by atoms with van der Waals surface area (Å²) in [5.41, 5.74) is 3.36. The third-order valence-electron chi connectivity index (χ3n) is 3.21. The number of hydrogen-bond donors (Lipinski definition) is 1. The topological polar surface area (TPSA) is 52.0 Å². The highest BCUT2D eigenvalue weighted by atomic mass is 16.5. The Morgan fingerprint density at radius 3 is 2.74 bits per heavy atom. The fraction of sp³-hybridized carbons (Fsp3) is 0.429. The molecule has 0 radical (unpaired) electrons. The fourth-order valence-corrected chi connectivity index (χ4v) is 2.24. The van der Waals surface area contributed by atoms with Crippen molar-refractivity contribution < 1.29 is 4.74 Å². The average Bonchev–Trinajstić information content (AvgIpc) is 2.82. The van der Waals surface area contributed by atoms with E-state index in [2.05, 4.69) is 34.7 Å². The number of methoxy groups -OCH3 is 1. The molecule has 0 fully saturated rings. The van der Waals surface area contributed by atoms with E-state index >= 15 is 0 Å². The molecule has 1 unspecified atom stereocenters. The lowest BCUT2D eigenvalue weighted by molar-refractivity contribution is 0.411. The predicted octanol–water partition coefficient (Wildman–Crippen LogP) is 1.83. The number of nitrogens with one attached hydrogen (secondary N) is 1. The van der Waals surface area contributed by atoms with Crippen LogP contribution in [0.1, 0.15) is 29.8 Å². The van der Waals surface area contributed by atoms with Crippen molar-refractivity contribution in [2.24, 2.45) is 7.05 Å². The van der Waals surface area contributed by atoms with Gasteiger partial charge in [0.2, 0.25) is 0 Å². The van der Waals surface area contributed by atoms with Gasteiger partial charge in [-0.25, -0.2) is 0 Å². The minimum Gasteiger partial charge on any atom is -0.496 e. The van der Waals surface area contributed by atoms with Gasteiger partial charge >= 0.3 is 0 Å². The summed E-state index contributed by atoms with van der Waals surface area (Å²) in [7, 11) is 3.60. The van der Waals surface area contributed by atoms with Crippen LogP contribution in [0.15, 0.2) is 24.4 Å². The van der Waals surface area contributed by atoms with Crippen molar-refractivity contribution >= 4 is 0 Å². The van der Waals surface area contributed by atoms with Crippen molar-refractivity contribution in [2.45, 2.75) is 19.9 Å². The van der Waals surface area contributed by atoms with Gasteiger partial charge in [0.25, 0.3) is 0 Å². The van der Waals surface area contributed by atoms with Crippen LogP contribution in [0.5, 0.6) is 5.75 Å². The maximum Gasteiger partial charge on any atom is 0.121 e. The first-order chi connectivity index (χ1) is 9.17. The summed E-state index contributed by atoms with van der Waals surface area (Å²) in [6.07, 6.45) is 1.80. The lowest BCUT2D eigenvalue weighted by Crippen LogP contribution is -2.24.